The van der Waals surface area contributed by atoms with E-state index in [1.54, 1.807) is 0 Å². The molecule has 0 atom stereocenters. The number of aryl methyl sites for hydroxylation is 1. The Kier molecular flexibility index (Phi) is 3.70. The average molecular weight is 243 g/mol. The number of nitrogens with zero attached hydrogens (tertiary/aromatic N) is 2. The summed E-state index contributed by atoms with van der Waals surface area (Å²) in [5.74, 6) is 0.752. The highest BCUT2D eigenvalue weighted by Gasteiger charge is 2.14. The minimum atomic E-state index is 0.391. The summed E-state index contributed by atoms with van der Waals surface area (Å²) in [5.41, 5.74) is 9.44. The molecular formula is C15H21N3. The van der Waals surface area contributed by atoms with Gasteiger partial charge in [-0.05, 0) is 25.3 Å². The number of benzene rings is 1. The van der Waals surface area contributed by atoms with Crippen molar-refractivity contribution in [2.75, 3.05) is 5.73 Å². The van der Waals surface area contributed by atoms with Crippen molar-refractivity contribution in [1.82, 2.24) is 9.78 Å². The molecule has 18 heavy (non-hydrogen) atoms. The summed E-state index contributed by atoms with van der Waals surface area (Å²) in [5, 5.41) is 4.67. The van der Waals surface area contributed by atoms with Gasteiger partial charge >= 0.3 is 0 Å². The average Bonchev–Trinajstić information content (AvgIpc) is 2.74. The maximum atomic E-state index is 6.08. The topological polar surface area (TPSA) is 43.8 Å². The molecule has 0 fully saturated rings. The third-order valence-corrected chi connectivity index (χ3v) is 3.47. The Bertz CT molecular complexity index is 524. The van der Waals surface area contributed by atoms with Gasteiger partial charge in [-0.3, -0.25) is 0 Å². The van der Waals surface area contributed by atoms with E-state index in [9.17, 15) is 0 Å². The molecule has 1 heterocycles. The lowest BCUT2D eigenvalue weighted by Gasteiger charge is -2.14. The second-order valence-corrected chi connectivity index (χ2v) is 4.68. The Morgan fingerprint density at radius 1 is 1.22 bits per heavy atom. The lowest BCUT2D eigenvalue weighted by atomic mass is 10.1. The van der Waals surface area contributed by atoms with Crippen LogP contribution in [0, 0.1) is 6.92 Å². The first kappa shape index (κ1) is 12.7. The molecule has 2 rings (SSSR count). The number of nitrogens with two attached hydrogens (primary N) is 1. The zero-order valence-corrected chi connectivity index (χ0v) is 11.4. The van der Waals surface area contributed by atoms with Crippen LogP contribution in [-0.2, 0) is 0 Å². The van der Waals surface area contributed by atoms with Crippen LogP contribution in [0.15, 0.2) is 30.3 Å². The fourth-order valence-corrected chi connectivity index (χ4v) is 2.33. The fraction of sp³-hybridized carbons (Fsp3) is 0.400. The maximum Gasteiger partial charge on any atom is 0.122 e. The van der Waals surface area contributed by atoms with Gasteiger partial charge in [-0.1, -0.05) is 38.1 Å². The zero-order chi connectivity index (χ0) is 13.1. The van der Waals surface area contributed by atoms with Crippen LogP contribution in [0.25, 0.3) is 11.3 Å². The van der Waals surface area contributed by atoms with Gasteiger partial charge in [0.15, 0.2) is 0 Å². The van der Waals surface area contributed by atoms with Gasteiger partial charge in [-0.25, -0.2) is 4.68 Å². The molecule has 1 aromatic carbocycles. The van der Waals surface area contributed by atoms with E-state index in [0.29, 0.717) is 6.04 Å². The molecule has 96 valence electrons. The molecule has 0 saturated carbocycles. The molecule has 1 aromatic heterocycles. The predicted molar refractivity (Wildman–Crippen MR) is 76.4 cm³/mol. The minimum absolute atomic E-state index is 0.391. The Hall–Kier alpha value is -1.77. The SMILES string of the molecule is CCC(CC)n1nc(-c2ccccc2C)cc1N. The van der Waals surface area contributed by atoms with Crippen LogP contribution in [0.2, 0.25) is 0 Å². The van der Waals surface area contributed by atoms with Crippen molar-refractivity contribution in [2.45, 2.75) is 39.7 Å². The molecule has 2 N–H and O–H groups in total. The van der Waals surface area contributed by atoms with Crippen LogP contribution in [0.4, 0.5) is 5.82 Å². The van der Waals surface area contributed by atoms with E-state index in [-0.39, 0.29) is 0 Å². The molecule has 0 aliphatic heterocycles. The fourth-order valence-electron chi connectivity index (χ4n) is 2.33. The van der Waals surface area contributed by atoms with Gasteiger partial charge in [0.05, 0.1) is 11.7 Å². The van der Waals surface area contributed by atoms with Crippen molar-refractivity contribution in [1.29, 1.82) is 0 Å². The highest BCUT2D eigenvalue weighted by atomic mass is 15.3. The Morgan fingerprint density at radius 3 is 2.50 bits per heavy atom. The first-order valence-electron chi connectivity index (χ1n) is 6.58. The maximum absolute atomic E-state index is 6.08. The second-order valence-electron chi connectivity index (χ2n) is 4.68. The number of hydrogen-bond donors (Lipinski definition) is 1. The highest BCUT2D eigenvalue weighted by Crippen LogP contribution is 2.27. The lowest BCUT2D eigenvalue weighted by molar-refractivity contribution is 0.435. The molecule has 0 spiro atoms. The van der Waals surface area contributed by atoms with Crippen molar-refractivity contribution in [3.63, 3.8) is 0 Å². The van der Waals surface area contributed by atoms with Gasteiger partial charge in [0, 0.05) is 11.6 Å². The Morgan fingerprint density at radius 2 is 1.89 bits per heavy atom. The van der Waals surface area contributed by atoms with E-state index in [0.717, 1.165) is 29.9 Å². The number of aromatic nitrogens is 2. The Balaban J connectivity index is 2.43. The summed E-state index contributed by atoms with van der Waals surface area (Å²) in [6.07, 6.45) is 2.10. The van der Waals surface area contributed by atoms with Crippen molar-refractivity contribution >= 4 is 5.82 Å². The molecule has 0 radical (unpaired) electrons. The molecule has 3 heteroatoms. The van der Waals surface area contributed by atoms with Crippen molar-refractivity contribution in [3.05, 3.63) is 35.9 Å². The smallest absolute Gasteiger partial charge is 0.122 e. The quantitative estimate of drug-likeness (QED) is 0.887. The van der Waals surface area contributed by atoms with Gasteiger partial charge in [-0.2, -0.15) is 5.10 Å². The summed E-state index contributed by atoms with van der Waals surface area (Å²) in [6.45, 7) is 6.44. The largest absolute Gasteiger partial charge is 0.384 e. The molecule has 0 amide bonds. The number of hydrogen-bond acceptors (Lipinski definition) is 2. The Labute approximate surface area is 109 Å². The van der Waals surface area contributed by atoms with Gasteiger partial charge in [0.1, 0.15) is 5.82 Å². The van der Waals surface area contributed by atoms with E-state index < -0.39 is 0 Å². The van der Waals surface area contributed by atoms with Crippen molar-refractivity contribution < 1.29 is 0 Å². The first-order valence-corrected chi connectivity index (χ1v) is 6.58. The van der Waals surface area contributed by atoms with Crippen LogP contribution >= 0.6 is 0 Å². The van der Waals surface area contributed by atoms with Crippen LogP contribution in [-0.4, -0.2) is 9.78 Å². The van der Waals surface area contributed by atoms with Crippen LogP contribution < -0.4 is 5.73 Å². The van der Waals surface area contributed by atoms with Gasteiger partial charge in [-0.15, -0.1) is 0 Å². The molecule has 0 saturated heterocycles. The molecule has 0 unspecified atom stereocenters. The normalized spacial score (nSPS) is 11.1. The van der Waals surface area contributed by atoms with Gasteiger partial charge in [0.2, 0.25) is 0 Å². The minimum Gasteiger partial charge on any atom is -0.384 e. The van der Waals surface area contributed by atoms with Crippen LogP contribution in [0.3, 0.4) is 0 Å². The van der Waals surface area contributed by atoms with E-state index in [1.807, 2.05) is 22.9 Å². The van der Waals surface area contributed by atoms with E-state index >= 15 is 0 Å². The molecule has 2 aromatic rings. The van der Waals surface area contributed by atoms with Gasteiger partial charge < -0.3 is 5.73 Å². The zero-order valence-electron chi connectivity index (χ0n) is 11.4. The van der Waals surface area contributed by atoms with Crippen LogP contribution in [0.5, 0.6) is 0 Å². The number of anilines is 1. The first-order chi connectivity index (χ1) is 8.67. The second kappa shape index (κ2) is 5.25. The van der Waals surface area contributed by atoms with Gasteiger partial charge in [0.25, 0.3) is 0 Å². The number of rotatable bonds is 4. The summed E-state index contributed by atoms with van der Waals surface area (Å²) in [4.78, 5) is 0. The molecule has 0 aliphatic rings. The van der Waals surface area contributed by atoms with E-state index in [4.69, 9.17) is 5.73 Å². The standard InChI is InChI=1S/C15H21N3/c1-4-12(5-2)18-15(16)10-14(17-18)13-9-7-6-8-11(13)3/h6-10,12H,4-5,16H2,1-3H3. The summed E-state index contributed by atoms with van der Waals surface area (Å²) < 4.78 is 1.96. The lowest BCUT2D eigenvalue weighted by Crippen LogP contribution is -2.11. The van der Waals surface area contributed by atoms with E-state index in [1.165, 1.54) is 5.56 Å². The summed E-state index contributed by atoms with van der Waals surface area (Å²) in [6, 6.07) is 10.6. The molecule has 0 bridgehead atoms. The monoisotopic (exact) mass is 243 g/mol. The molecule has 0 aliphatic carbocycles. The third kappa shape index (κ3) is 2.26. The third-order valence-electron chi connectivity index (χ3n) is 3.47. The predicted octanol–water partition coefficient (Wildman–Crippen LogP) is 3.80. The highest BCUT2D eigenvalue weighted by molar-refractivity contribution is 5.65. The van der Waals surface area contributed by atoms with Crippen LogP contribution in [0.1, 0.15) is 38.3 Å². The molecular weight excluding hydrogens is 222 g/mol. The van der Waals surface area contributed by atoms with Crippen molar-refractivity contribution in [3.8, 4) is 11.3 Å². The molecule has 3 nitrogen and oxygen atoms in total. The van der Waals surface area contributed by atoms with E-state index in [2.05, 4.69) is 38.0 Å². The number of nitrogen functional groups attached to an aromatic ring is 1. The van der Waals surface area contributed by atoms with Crippen molar-refractivity contribution in [2.24, 2.45) is 0 Å². The summed E-state index contributed by atoms with van der Waals surface area (Å²) in [7, 11) is 0. The summed E-state index contributed by atoms with van der Waals surface area (Å²) >= 11 is 0.